The molecule has 0 saturated carbocycles. The topological polar surface area (TPSA) is 57.0 Å². The van der Waals surface area contributed by atoms with Crippen LogP contribution in [-0.2, 0) is 0 Å². The number of thiazole rings is 1. The first-order valence-electron chi connectivity index (χ1n) is 7.16. The van der Waals surface area contributed by atoms with Crippen LogP contribution in [0.3, 0.4) is 0 Å². The van der Waals surface area contributed by atoms with Gasteiger partial charge in [-0.3, -0.25) is 9.69 Å². The zero-order valence-corrected chi connectivity index (χ0v) is 13.9. The van der Waals surface area contributed by atoms with Crippen LogP contribution < -0.4 is 4.90 Å². The van der Waals surface area contributed by atoms with Gasteiger partial charge in [0.1, 0.15) is 0 Å². The maximum absolute atomic E-state index is 12.9. The first-order valence-corrected chi connectivity index (χ1v) is 7.98. The van der Waals surface area contributed by atoms with Gasteiger partial charge in [0.2, 0.25) is 0 Å². The molecule has 0 unspecified atom stereocenters. The van der Waals surface area contributed by atoms with Crippen molar-refractivity contribution in [1.29, 1.82) is 5.26 Å². The Kier molecular flexibility index (Phi) is 3.85. The van der Waals surface area contributed by atoms with Crippen molar-refractivity contribution in [2.24, 2.45) is 0 Å². The highest BCUT2D eigenvalue weighted by Gasteiger charge is 2.21. The van der Waals surface area contributed by atoms with E-state index in [1.165, 1.54) is 11.3 Å². The van der Waals surface area contributed by atoms with Gasteiger partial charge in [0.25, 0.3) is 5.91 Å². The number of amides is 1. The number of nitrogens with zero attached hydrogens (tertiary/aromatic N) is 3. The van der Waals surface area contributed by atoms with Gasteiger partial charge in [-0.25, -0.2) is 4.98 Å². The van der Waals surface area contributed by atoms with E-state index in [-0.39, 0.29) is 5.91 Å². The number of hydrogen-bond acceptors (Lipinski definition) is 4. The van der Waals surface area contributed by atoms with Gasteiger partial charge in [-0.1, -0.05) is 23.5 Å². The minimum Gasteiger partial charge on any atom is -0.287 e. The van der Waals surface area contributed by atoms with Gasteiger partial charge in [0.05, 0.1) is 21.8 Å². The van der Waals surface area contributed by atoms with Crippen LogP contribution >= 0.6 is 11.3 Å². The van der Waals surface area contributed by atoms with Gasteiger partial charge < -0.3 is 0 Å². The molecule has 0 N–H and O–H groups in total. The number of aryl methyl sites for hydroxylation is 2. The van der Waals surface area contributed by atoms with E-state index < -0.39 is 0 Å². The Morgan fingerprint density at radius 1 is 1.22 bits per heavy atom. The molecule has 0 aliphatic heterocycles. The van der Waals surface area contributed by atoms with Gasteiger partial charge in [0.15, 0.2) is 5.13 Å². The molecule has 0 bridgehead atoms. The van der Waals surface area contributed by atoms with Crippen LogP contribution in [0.2, 0.25) is 0 Å². The molecule has 2 aromatic carbocycles. The van der Waals surface area contributed by atoms with Crippen LogP contribution in [0.5, 0.6) is 0 Å². The largest absolute Gasteiger partial charge is 0.287 e. The standard InChI is InChI=1S/C18H15N3OS/c1-11-8-13(10-19)9-12(2)16(11)17(22)21(3)18-20-14-6-4-5-7-15(14)23-18/h4-9H,1-3H3. The number of nitriles is 1. The summed E-state index contributed by atoms with van der Waals surface area (Å²) in [7, 11) is 1.73. The van der Waals surface area contributed by atoms with E-state index in [0.717, 1.165) is 21.3 Å². The molecular weight excluding hydrogens is 306 g/mol. The monoisotopic (exact) mass is 321 g/mol. The Bertz CT molecular complexity index is 896. The second-order valence-electron chi connectivity index (χ2n) is 5.43. The quantitative estimate of drug-likeness (QED) is 0.715. The number of benzene rings is 2. The molecule has 3 rings (SSSR count). The summed E-state index contributed by atoms with van der Waals surface area (Å²) in [5.41, 5.74) is 3.70. The van der Waals surface area contributed by atoms with Crippen molar-refractivity contribution >= 4 is 32.6 Å². The fraction of sp³-hybridized carbons (Fsp3) is 0.167. The van der Waals surface area contributed by atoms with Crippen LogP contribution in [0, 0.1) is 25.2 Å². The van der Waals surface area contributed by atoms with Gasteiger partial charge >= 0.3 is 0 Å². The molecule has 1 aromatic heterocycles. The van der Waals surface area contributed by atoms with Gasteiger partial charge in [-0.2, -0.15) is 5.26 Å². The lowest BCUT2D eigenvalue weighted by Crippen LogP contribution is -2.27. The molecule has 4 nitrogen and oxygen atoms in total. The molecule has 1 amide bonds. The molecule has 0 aliphatic rings. The van der Waals surface area contributed by atoms with Crippen molar-refractivity contribution in [3.05, 3.63) is 58.7 Å². The molecule has 0 radical (unpaired) electrons. The predicted molar refractivity (Wildman–Crippen MR) is 93.0 cm³/mol. The van der Waals surface area contributed by atoms with Crippen LogP contribution in [0.15, 0.2) is 36.4 Å². The number of rotatable bonds is 2. The third-order valence-corrected chi connectivity index (χ3v) is 4.86. The van der Waals surface area contributed by atoms with E-state index in [0.29, 0.717) is 16.3 Å². The highest BCUT2D eigenvalue weighted by atomic mass is 32.1. The van der Waals surface area contributed by atoms with Crippen LogP contribution in [0.4, 0.5) is 5.13 Å². The van der Waals surface area contributed by atoms with E-state index in [1.807, 2.05) is 38.1 Å². The molecule has 0 spiro atoms. The van der Waals surface area contributed by atoms with Crippen molar-refractivity contribution < 1.29 is 4.79 Å². The van der Waals surface area contributed by atoms with E-state index in [1.54, 1.807) is 24.1 Å². The SMILES string of the molecule is Cc1cc(C#N)cc(C)c1C(=O)N(C)c1nc2ccccc2s1. The maximum atomic E-state index is 12.9. The molecule has 114 valence electrons. The molecule has 0 saturated heterocycles. The number of carbonyl (C=O) groups is 1. The van der Waals surface area contributed by atoms with Crippen molar-refractivity contribution in [1.82, 2.24) is 4.98 Å². The highest BCUT2D eigenvalue weighted by molar-refractivity contribution is 7.22. The van der Waals surface area contributed by atoms with E-state index >= 15 is 0 Å². The number of para-hydroxylation sites is 1. The Morgan fingerprint density at radius 3 is 2.48 bits per heavy atom. The average Bonchev–Trinajstić information content (AvgIpc) is 2.97. The van der Waals surface area contributed by atoms with Crippen LogP contribution in [-0.4, -0.2) is 17.9 Å². The summed E-state index contributed by atoms with van der Waals surface area (Å²) in [4.78, 5) is 19.0. The summed E-state index contributed by atoms with van der Waals surface area (Å²) in [5.74, 6) is -0.108. The Morgan fingerprint density at radius 2 is 1.87 bits per heavy atom. The third kappa shape index (κ3) is 2.69. The van der Waals surface area contributed by atoms with Crippen LogP contribution in [0.25, 0.3) is 10.2 Å². The Balaban J connectivity index is 2.01. The van der Waals surface area contributed by atoms with Gasteiger partial charge in [-0.15, -0.1) is 0 Å². The molecule has 0 aliphatic carbocycles. The number of anilines is 1. The smallest absolute Gasteiger partial charge is 0.260 e. The molecule has 0 atom stereocenters. The second-order valence-corrected chi connectivity index (χ2v) is 6.43. The summed E-state index contributed by atoms with van der Waals surface area (Å²) in [6.45, 7) is 3.71. The fourth-order valence-corrected chi connectivity index (χ4v) is 3.55. The zero-order chi connectivity index (χ0) is 16.6. The number of hydrogen-bond donors (Lipinski definition) is 0. The lowest BCUT2D eigenvalue weighted by molar-refractivity contribution is 0.0992. The molecule has 1 heterocycles. The van der Waals surface area contributed by atoms with Crippen molar-refractivity contribution in [2.45, 2.75) is 13.8 Å². The van der Waals surface area contributed by atoms with Gasteiger partial charge in [-0.05, 0) is 49.2 Å². The fourth-order valence-electron chi connectivity index (χ4n) is 2.62. The lowest BCUT2D eigenvalue weighted by atomic mass is 9.99. The molecular formula is C18H15N3OS. The van der Waals surface area contributed by atoms with Crippen molar-refractivity contribution in [3.8, 4) is 6.07 Å². The number of fused-ring (bicyclic) bond motifs is 1. The van der Waals surface area contributed by atoms with E-state index in [9.17, 15) is 4.79 Å². The third-order valence-electron chi connectivity index (χ3n) is 3.75. The first kappa shape index (κ1) is 15.2. The van der Waals surface area contributed by atoms with E-state index in [2.05, 4.69) is 11.1 Å². The first-order chi connectivity index (χ1) is 11.0. The Hall–Kier alpha value is -2.71. The summed E-state index contributed by atoms with van der Waals surface area (Å²) in [5, 5.41) is 9.70. The maximum Gasteiger partial charge on any atom is 0.260 e. The van der Waals surface area contributed by atoms with Crippen molar-refractivity contribution in [2.75, 3.05) is 11.9 Å². The summed E-state index contributed by atoms with van der Waals surface area (Å²) in [6, 6.07) is 13.4. The van der Waals surface area contributed by atoms with Gasteiger partial charge in [0, 0.05) is 12.6 Å². The number of aromatic nitrogens is 1. The predicted octanol–water partition coefficient (Wildman–Crippen LogP) is 4.06. The summed E-state index contributed by atoms with van der Waals surface area (Å²) in [6.07, 6.45) is 0. The van der Waals surface area contributed by atoms with Crippen LogP contribution in [0.1, 0.15) is 27.0 Å². The normalized spacial score (nSPS) is 10.5. The Labute approximate surface area is 138 Å². The second kappa shape index (κ2) is 5.82. The summed E-state index contributed by atoms with van der Waals surface area (Å²) < 4.78 is 1.05. The molecule has 5 heteroatoms. The molecule has 23 heavy (non-hydrogen) atoms. The minimum absolute atomic E-state index is 0.108. The zero-order valence-electron chi connectivity index (χ0n) is 13.1. The van der Waals surface area contributed by atoms with E-state index in [4.69, 9.17) is 5.26 Å². The average molecular weight is 321 g/mol. The summed E-state index contributed by atoms with van der Waals surface area (Å²) >= 11 is 1.49. The molecule has 0 fully saturated rings. The minimum atomic E-state index is -0.108. The lowest BCUT2D eigenvalue weighted by Gasteiger charge is -2.17. The van der Waals surface area contributed by atoms with Crippen molar-refractivity contribution in [3.63, 3.8) is 0 Å². The molecule has 3 aromatic rings. The highest BCUT2D eigenvalue weighted by Crippen LogP contribution is 2.29. The number of carbonyl (C=O) groups excluding carboxylic acids is 1.